The molecule has 0 atom stereocenters. The van der Waals surface area contributed by atoms with Crippen LogP contribution in [0.15, 0.2) is 48.5 Å². The van der Waals surface area contributed by atoms with Crippen molar-refractivity contribution < 1.29 is 4.79 Å². The third-order valence-corrected chi connectivity index (χ3v) is 3.49. The van der Waals surface area contributed by atoms with Crippen molar-refractivity contribution in [3.05, 3.63) is 59.8 Å². The molecule has 0 aliphatic rings. The van der Waals surface area contributed by atoms with Crippen molar-refractivity contribution in [2.24, 2.45) is 0 Å². The molecule has 8 heteroatoms. The lowest BCUT2D eigenvalue weighted by molar-refractivity contribution is 0.0946. The lowest BCUT2D eigenvalue weighted by atomic mass is 10.3. The lowest BCUT2D eigenvalue weighted by Crippen LogP contribution is -2.23. The molecule has 0 radical (unpaired) electrons. The maximum absolute atomic E-state index is 12.0. The van der Waals surface area contributed by atoms with Gasteiger partial charge >= 0.3 is 0 Å². The summed E-state index contributed by atoms with van der Waals surface area (Å²) in [5.74, 6) is 0.405. The Morgan fingerprint density at radius 3 is 2.95 bits per heavy atom. The molecule has 3 aromatic heterocycles. The molecule has 0 aliphatic heterocycles. The highest BCUT2D eigenvalue weighted by molar-refractivity contribution is 7.14. The summed E-state index contributed by atoms with van der Waals surface area (Å²) in [6.45, 7) is 0.416. The highest BCUT2D eigenvalue weighted by Crippen LogP contribution is 2.19. The molecule has 22 heavy (non-hydrogen) atoms. The first-order chi connectivity index (χ1) is 10.8. The van der Waals surface area contributed by atoms with E-state index in [9.17, 15) is 4.79 Å². The van der Waals surface area contributed by atoms with Crippen molar-refractivity contribution in [2.45, 2.75) is 6.54 Å². The molecule has 2 N–H and O–H groups in total. The molecule has 0 bridgehead atoms. The maximum Gasteiger partial charge on any atom is 0.271 e. The molecule has 0 spiro atoms. The number of carbonyl (C=O) groups excluding carboxylic acids is 1. The number of nitrogens with zero attached hydrogens (tertiary/aromatic N) is 4. The van der Waals surface area contributed by atoms with Crippen LogP contribution in [0.5, 0.6) is 0 Å². The quantitative estimate of drug-likeness (QED) is 0.748. The van der Waals surface area contributed by atoms with Crippen LogP contribution in [-0.2, 0) is 6.54 Å². The Morgan fingerprint density at radius 2 is 2.18 bits per heavy atom. The SMILES string of the molecule is O=C(NCc1cccnc1)c1csc(Nc2ccncn2)n1. The molecule has 7 nitrogen and oxygen atoms in total. The standard InChI is InChI=1S/C14H12N6OS/c21-13(17-7-10-2-1-4-15-6-10)11-8-22-14(19-11)20-12-3-5-16-9-18-12/h1-6,8-9H,7H2,(H,17,21)(H,16,18,19,20). The van der Waals surface area contributed by atoms with Crippen LogP contribution in [-0.4, -0.2) is 25.8 Å². The Kier molecular flexibility index (Phi) is 4.30. The van der Waals surface area contributed by atoms with Crippen LogP contribution < -0.4 is 10.6 Å². The van der Waals surface area contributed by atoms with E-state index < -0.39 is 0 Å². The second-order valence-electron chi connectivity index (χ2n) is 4.30. The van der Waals surface area contributed by atoms with Crippen LogP contribution >= 0.6 is 11.3 Å². The molecule has 0 saturated heterocycles. The predicted molar refractivity (Wildman–Crippen MR) is 82.8 cm³/mol. The summed E-state index contributed by atoms with van der Waals surface area (Å²) < 4.78 is 0. The molecule has 3 aromatic rings. The number of anilines is 2. The smallest absolute Gasteiger partial charge is 0.271 e. The van der Waals surface area contributed by atoms with Crippen LogP contribution in [0, 0.1) is 0 Å². The number of aromatic nitrogens is 4. The normalized spacial score (nSPS) is 10.2. The van der Waals surface area contributed by atoms with Crippen LogP contribution in [0.3, 0.4) is 0 Å². The Labute approximate surface area is 130 Å². The van der Waals surface area contributed by atoms with Gasteiger partial charge in [-0.2, -0.15) is 0 Å². The Hall–Kier alpha value is -2.87. The van der Waals surface area contributed by atoms with E-state index in [1.54, 1.807) is 30.0 Å². The van der Waals surface area contributed by atoms with Crippen molar-refractivity contribution in [1.29, 1.82) is 0 Å². The van der Waals surface area contributed by atoms with Gasteiger partial charge in [0.25, 0.3) is 5.91 Å². The van der Waals surface area contributed by atoms with Crippen molar-refractivity contribution in [3.63, 3.8) is 0 Å². The zero-order valence-electron chi connectivity index (χ0n) is 11.4. The minimum atomic E-state index is -0.226. The first-order valence-electron chi connectivity index (χ1n) is 6.47. The van der Waals surface area contributed by atoms with Gasteiger partial charge in [0.2, 0.25) is 0 Å². The summed E-state index contributed by atoms with van der Waals surface area (Å²) in [4.78, 5) is 28.2. The molecular formula is C14H12N6OS. The van der Waals surface area contributed by atoms with Gasteiger partial charge in [-0.1, -0.05) is 6.07 Å². The fourth-order valence-electron chi connectivity index (χ4n) is 1.69. The maximum atomic E-state index is 12.0. The minimum absolute atomic E-state index is 0.226. The third kappa shape index (κ3) is 3.61. The van der Waals surface area contributed by atoms with Crippen LogP contribution in [0.2, 0.25) is 0 Å². The summed E-state index contributed by atoms with van der Waals surface area (Å²) in [7, 11) is 0. The van der Waals surface area contributed by atoms with Gasteiger partial charge in [0, 0.05) is 30.5 Å². The minimum Gasteiger partial charge on any atom is -0.347 e. The van der Waals surface area contributed by atoms with Crippen LogP contribution in [0.1, 0.15) is 16.1 Å². The molecule has 0 aromatic carbocycles. The molecule has 0 saturated carbocycles. The molecule has 3 heterocycles. The average Bonchev–Trinajstić information content (AvgIpc) is 3.03. The summed E-state index contributed by atoms with van der Waals surface area (Å²) in [5.41, 5.74) is 1.30. The number of hydrogen-bond acceptors (Lipinski definition) is 7. The Bertz CT molecular complexity index is 746. The number of amides is 1. The van der Waals surface area contributed by atoms with E-state index in [2.05, 4.69) is 30.6 Å². The van der Waals surface area contributed by atoms with Crippen LogP contribution in [0.4, 0.5) is 10.9 Å². The van der Waals surface area contributed by atoms with E-state index in [1.165, 1.54) is 17.7 Å². The number of thiazole rings is 1. The second-order valence-corrected chi connectivity index (χ2v) is 5.16. The fraction of sp³-hybridized carbons (Fsp3) is 0.0714. The Balaban J connectivity index is 1.60. The van der Waals surface area contributed by atoms with Crippen LogP contribution in [0.25, 0.3) is 0 Å². The third-order valence-electron chi connectivity index (χ3n) is 2.73. The van der Waals surface area contributed by atoms with Gasteiger partial charge in [-0.25, -0.2) is 15.0 Å². The molecule has 1 amide bonds. The number of rotatable bonds is 5. The highest BCUT2D eigenvalue weighted by Gasteiger charge is 2.10. The van der Waals surface area contributed by atoms with E-state index in [-0.39, 0.29) is 5.91 Å². The average molecular weight is 312 g/mol. The fourth-order valence-corrected chi connectivity index (χ4v) is 2.38. The number of hydrogen-bond donors (Lipinski definition) is 2. The molecular weight excluding hydrogens is 300 g/mol. The van der Waals surface area contributed by atoms with E-state index in [1.807, 2.05) is 12.1 Å². The topological polar surface area (TPSA) is 92.7 Å². The lowest BCUT2D eigenvalue weighted by Gasteiger charge is -2.02. The van der Waals surface area contributed by atoms with Gasteiger partial charge < -0.3 is 10.6 Å². The number of carbonyl (C=O) groups is 1. The number of pyridine rings is 1. The largest absolute Gasteiger partial charge is 0.347 e. The summed E-state index contributed by atoms with van der Waals surface area (Å²) >= 11 is 1.34. The van der Waals surface area contributed by atoms with Gasteiger partial charge in [-0.05, 0) is 17.7 Å². The van der Waals surface area contributed by atoms with Gasteiger partial charge in [0.05, 0.1) is 0 Å². The molecule has 3 rings (SSSR count). The zero-order valence-corrected chi connectivity index (χ0v) is 12.2. The van der Waals surface area contributed by atoms with E-state index in [4.69, 9.17) is 0 Å². The molecule has 0 fully saturated rings. The van der Waals surface area contributed by atoms with Crippen molar-refractivity contribution >= 4 is 28.2 Å². The van der Waals surface area contributed by atoms with Crippen molar-refractivity contribution in [3.8, 4) is 0 Å². The Morgan fingerprint density at radius 1 is 1.23 bits per heavy atom. The van der Waals surface area contributed by atoms with E-state index in [0.717, 1.165) is 5.56 Å². The van der Waals surface area contributed by atoms with E-state index in [0.29, 0.717) is 23.2 Å². The first-order valence-corrected chi connectivity index (χ1v) is 7.35. The summed E-state index contributed by atoms with van der Waals surface area (Å²) in [6.07, 6.45) is 6.47. The molecule has 0 unspecified atom stereocenters. The monoisotopic (exact) mass is 312 g/mol. The first kappa shape index (κ1) is 14.1. The second kappa shape index (κ2) is 6.72. The van der Waals surface area contributed by atoms with Gasteiger partial charge in [0.1, 0.15) is 17.8 Å². The zero-order chi connectivity index (χ0) is 15.2. The van der Waals surface area contributed by atoms with Crippen molar-refractivity contribution in [1.82, 2.24) is 25.3 Å². The van der Waals surface area contributed by atoms with Crippen molar-refractivity contribution in [2.75, 3.05) is 5.32 Å². The predicted octanol–water partition coefficient (Wildman–Crippen LogP) is 2.00. The van der Waals surface area contributed by atoms with Gasteiger partial charge in [-0.3, -0.25) is 9.78 Å². The molecule has 0 aliphatic carbocycles. The highest BCUT2D eigenvalue weighted by atomic mass is 32.1. The number of nitrogens with one attached hydrogen (secondary N) is 2. The van der Waals surface area contributed by atoms with Gasteiger partial charge in [0.15, 0.2) is 5.13 Å². The summed E-state index contributed by atoms with van der Waals surface area (Å²) in [5, 5.41) is 8.12. The molecule has 110 valence electrons. The summed E-state index contributed by atoms with van der Waals surface area (Å²) in [6, 6.07) is 5.45. The van der Waals surface area contributed by atoms with E-state index >= 15 is 0 Å². The van der Waals surface area contributed by atoms with Gasteiger partial charge in [-0.15, -0.1) is 11.3 Å².